The molecule has 1 aliphatic heterocycles. The van der Waals surface area contributed by atoms with Crippen LogP contribution in [-0.2, 0) is 0 Å². The van der Waals surface area contributed by atoms with Crippen molar-refractivity contribution in [3.05, 3.63) is 28.8 Å². The van der Waals surface area contributed by atoms with Crippen molar-refractivity contribution in [2.75, 3.05) is 39.8 Å². The lowest BCUT2D eigenvalue weighted by atomic mass is 10.1. The number of benzene rings is 1. The Balaban J connectivity index is 1.92. The molecule has 1 aromatic carbocycles. The molecule has 1 aromatic rings. The van der Waals surface area contributed by atoms with E-state index in [1.54, 1.807) is 25.3 Å². The molecule has 0 N–H and O–H groups in total. The van der Waals surface area contributed by atoms with Crippen molar-refractivity contribution in [3.63, 3.8) is 0 Å². The number of rotatable bonds is 5. The zero-order valence-corrected chi connectivity index (χ0v) is 13.7. The molecule has 0 bridgehead atoms. The van der Waals surface area contributed by atoms with Gasteiger partial charge in [0, 0.05) is 37.8 Å². The molecule has 1 aliphatic rings. The van der Waals surface area contributed by atoms with Crippen molar-refractivity contribution in [1.29, 1.82) is 0 Å². The summed E-state index contributed by atoms with van der Waals surface area (Å²) >= 11 is 6.07. The predicted octanol–water partition coefficient (Wildman–Crippen LogP) is 2.56. The van der Waals surface area contributed by atoms with Gasteiger partial charge >= 0.3 is 0 Å². The van der Waals surface area contributed by atoms with Gasteiger partial charge in [-0.05, 0) is 32.0 Å². The summed E-state index contributed by atoms with van der Waals surface area (Å²) in [6.07, 6.45) is 0. The van der Waals surface area contributed by atoms with E-state index < -0.39 is 0 Å². The highest BCUT2D eigenvalue weighted by atomic mass is 35.5. The number of nitrogens with zero attached hydrogens (tertiary/aromatic N) is 2. The van der Waals surface area contributed by atoms with Crippen LogP contribution in [0.4, 0.5) is 0 Å². The van der Waals surface area contributed by atoms with Crippen LogP contribution in [0.25, 0.3) is 0 Å². The topological polar surface area (TPSA) is 32.8 Å². The fourth-order valence-corrected chi connectivity index (χ4v) is 2.83. The highest BCUT2D eigenvalue weighted by Gasteiger charge is 2.21. The Bertz CT molecular complexity index is 497. The van der Waals surface area contributed by atoms with Crippen LogP contribution in [0, 0.1) is 0 Å². The number of carbonyl (C=O) groups excluding carboxylic acids is 1. The predicted molar refractivity (Wildman–Crippen MR) is 85.5 cm³/mol. The third-order valence-electron chi connectivity index (χ3n) is 3.98. The Kier molecular flexibility index (Phi) is 5.62. The van der Waals surface area contributed by atoms with E-state index in [4.69, 9.17) is 16.3 Å². The van der Waals surface area contributed by atoms with Gasteiger partial charge < -0.3 is 4.74 Å². The fraction of sp³-hybridized carbons (Fsp3) is 0.562. The van der Waals surface area contributed by atoms with Gasteiger partial charge in [0.2, 0.25) is 0 Å². The number of ether oxygens (including phenoxy) is 1. The summed E-state index contributed by atoms with van der Waals surface area (Å²) in [5.74, 6) is 0.705. The van der Waals surface area contributed by atoms with Gasteiger partial charge in [-0.2, -0.15) is 0 Å². The van der Waals surface area contributed by atoms with Crippen molar-refractivity contribution in [2.45, 2.75) is 19.9 Å². The van der Waals surface area contributed by atoms with E-state index in [9.17, 15) is 4.79 Å². The first kappa shape index (κ1) is 16.3. The highest BCUT2D eigenvalue weighted by molar-refractivity contribution is 6.32. The summed E-state index contributed by atoms with van der Waals surface area (Å²) in [5.41, 5.74) is 0.645. The average molecular weight is 311 g/mol. The van der Waals surface area contributed by atoms with Crippen molar-refractivity contribution < 1.29 is 9.53 Å². The summed E-state index contributed by atoms with van der Waals surface area (Å²) in [6.45, 7) is 8.79. The number of ketones is 1. The second kappa shape index (κ2) is 7.25. The molecule has 2 rings (SSSR count). The van der Waals surface area contributed by atoms with Crippen LogP contribution in [0.5, 0.6) is 5.75 Å². The van der Waals surface area contributed by atoms with E-state index in [2.05, 4.69) is 23.6 Å². The van der Waals surface area contributed by atoms with Crippen LogP contribution in [0.2, 0.25) is 5.02 Å². The van der Waals surface area contributed by atoms with Gasteiger partial charge in [0.25, 0.3) is 0 Å². The minimum Gasteiger partial charge on any atom is -0.495 e. The summed E-state index contributed by atoms with van der Waals surface area (Å²) in [6, 6.07) is 5.78. The molecule has 0 atom stereocenters. The number of hydrogen-bond donors (Lipinski definition) is 0. The zero-order chi connectivity index (χ0) is 15.4. The van der Waals surface area contributed by atoms with Gasteiger partial charge in [0.15, 0.2) is 5.78 Å². The third-order valence-corrected chi connectivity index (χ3v) is 4.27. The minimum atomic E-state index is 0.109. The highest BCUT2D eigenvalue weighted by Crippen LogP contribution is 2.25. The van der Waals surface area contributed by atoms with Gasteiger partial charge in [0.1, 0.15) is 5.75 Å². The standard InChI is InChI=1S/C16H23ClN2O2/c1-12(2)19-8-6-18(7-9-19)11-15(20)13-4-5-16(21-3)14(17)10-13/h4-5,10,12H,6-9,11H2,1-3H3. The normalized spacial score (nSPS) is 17.2. The summed E-state index contributed by atoms with van der Waals surface area (Å²) in [5, 5.41) is 0.480. The quantitative estimate of drug-likeness (QED) is 0.783. The molecule has 0 aliphatic carbocycles. The molecule has 0 saturated carbocycles. The molecule has 1 saturated heterocycles. The molecule has 0 unspecified atom stereocenters. The van der Waals surface area contributed by atoms with Gasteiger partial charge in [-0.15, -0.1) is 0 Å². The SMILES string of the molecule is COc1ccc(C(=O)CN2CCN(C(C)C)CC2)cc1Cl. The molecule has 116 valence electrons. The van der Waals surface area contributed by atoms with Gasteiger partial charge in [0.05, 0.1) is 18.7 Å². The molecule has 5 heteroatoms. The average Bonchev–Trinajstić information content (AvgIpc) is 2.47. The van der Waals surface area contributed by atoms with Crippen LogP contribution in [0.15, 0.2) is 18.2 Å². The molecule has 0 spiro atoms. The fourth-order valence-electron chi connectivity index (χ4n) is 2.57. The number of carbonyl (C=O) groups is 1. The first-order valence-electron chi connectivity index (χ1n) is 7.34. The number of piperazine rings is 1. The maximum atomic E-state index is 12.3. The lowest BCUT2D eigenvalue weighted by Crippen LogP contribution is -2.50. The van der Waals surface area contributed by atoms with Crippen molar-refractivity contribution in [3.8, 4) is 5.75 Å². The molecule has 21 heavy (non-hydrogen) atoms. The maximum Gasteiger partial charge on any atom is 0.176 e. The molecule has 1 heterocycles. The smallest absolute Gasteiger partial charge is 0.176 e. The Morgan fingerprint density at radius 2 is 1.95 bits per heavy atom. The molecule has 1 fully saturated rings. The number of methoxy groups -OCH3 is 1. The monoisotopic (exact) mass is 310 g/mol. The first-order chi connectivity index (χ1) is 10.0. The summed E-state index contributed by atoms with van der Waals surface area (Å²) in [4.78, 5) is 17.0. The lowest BCUT2D eigenvalue weighted by molar-refractivity contribution is 0.0807. The van der Waals surface area contributed by atoms with E-state index in [1.165, 1.54) is 0 Å². The van der Waals surface area contributed by atoms with Crippen LogP contribution in [0.3, 0.4) is 0 Å². The van der Waals surface area contributed by atoms with E-state index in [0.29, 0.717) is 28.9 Å². The van der Waals surface area contributed by atoms with Crippen LogP contribution in [-0.4, -0.2) is 61.5 Å². The first-order valence-corrected chi connectivity index (χ1v) is 7.72. The zero-order valence-electron chi connectivity index (χ0n) is 12.9. The van der Waals surface area contributed by atoms with E-state index in [1.807, 2.05) is 0 Å². The van der Waals surface area contributed by atoms with Crippen molar-refractivity contribution in [1.82, 2.24) is 9.80 Å². The Hall–Kier alpha value is -1.10. The van der Waals surface area contributed by atoms with Crippen LogP contribution in [0.1, 0.15) is 24.2 Å². The van der Waals surface area contributed by atoms with Gasteiger partial charge in [-0.1, -0.05) is 11.6 Å². The second-order valence-corrected chi connectivity index (χ2v) is 6.09. The van der Waals surface area contributed by atoms with E-state index >= 15 is 0 Å². The molecular formula is C16H23ClN2O2. The third kappa shape index (κ3) is 4.19. The molecule has 0 aromatic heterocycles. The van der Waals surface area contributed by atoms with E-state index in [0.717, 1.165) is 26.2 Å². The molecule has 4 nitrogen and oxygen atoms in total. The Morgan fingerprint density at radius 3 is 2.48 bits per heavy atom. The second-order valence-electron chi connectivity index (χ2n) is 5.68. The lowest BCUT2D eigenvalue weighted by Gasteiger charge is -2.36. The van der Waals surface area contributed by atoms with Gasteiger partial charge in [-0.25, -0.2) is 0 Å². The minimum absolute atomic E-state index is 0.109. The molecule has 0 radical (unpaired) electrons. The largest absolute Gasteiger partial charge is 0.495 e. The summed E-state index contributed by atoms with van der Waals surface area (Å²) < 4.78 is 5.10. The molecule has 0 amide bonds. The Labute approximate surface area is 131 Å². The van der Waals surface area contributed by atoms with Crippen molar-refractivity contribution >= 4 is 17.4 Å². The van der Waals surface area contributed by atoms with E-state index in [-0.39, 0.29) is 5.78 Å². The maximum absolute atomic E-state index is 12.3. The van der Waals surface area contributed by atoms with Gasteiger partial charge in [-0.3, -0.25) is 14.6 Å². The number of halogens is 1. The number of hydrogen-bond acceptors (Lipinski definition) is 4. The summed E-state index contributed by atoms with van der Waals surface area (Å²) in [7, 11) is 1.57. The molecular weight excluding hydrogens is 288 g/mol. The van der Waals surface area contributed by atoms with Crippen LogP contribution >= 0.6 is 11.6 Å². The van der Waals surface area contributed by atoms with Crippen LogP contribution < -0.4 is 4.74 Å². The Morgan fingerprint density at radius 1 is 1.29 bits per heavy atom. The number of Topliss-reactive ketones (excluding diaryl/α,β-unsaturated/α-hetero) is 1. The van der Waals surface area contributed by atoms with Crippen molar-refractivity contribution in [2.24, 2.45) is 0 Å².